The van der Waals surface area contributed by atoms with Gasteiger partial charge in [0, 0.05) is 18.9 Å². The van der Waals surface area contributed by atoms with E-state index in [1.807, 2.05) is 17.0 Å². The Hall–Kier alpha value is -2.70. The van der Waals surface area contributed by atoms with E-state index < -0.39 is 5.91 Å². The number of aromatic amines is 1. The van der Waals surface area contributed by atoms with Gasteiger partial charge >= 0.3 is 0 Å². The number of pyridine rings is 1. The second-order valence-corrected chi connectivity index (χ2v) is 5.71. The smallest absolute Gasteiger partial charge is 0.269 e. The number of nitrogens with two attached hydrogens (primary N) is 1. The fourth-order valence-corrected chi connectivity index (χ4v) is 2.97. The van der Waals surface area contributed by atoms with Gasteiger partial charge in [-0.3, -0.25) is 19.7 Å². The number of nitrogens with one attached hydrogen (secondary N) is 1. The highest BCUT2D eigenvalue weighted by atomic mass is 16.2. The topological polar surface area (TPSA) is 105 Å². The summed E-state index contributed by atoms with van der Waals surface area (Å²) in [5, 5.41) is 6.77. The van der Waals surface area contributed by atoms with Gasteiger partial charge in [-0.25, -0.2) is 0 Å². The highest BCUT2D eigenvalue weighted by Crippen LogP contribution is 2.30. The van der Waals surface area contributed by atoms with E-state index in [2.05, 4.69) is 15.2 Å². The van der Waals surface area contributed by atoms with E-state index in [-0.39, 0.29) is 17.6 Å². The number of aromatic nitrogens is 3. The van der Waals surface area contributed by atoms with Crippen molar-refractivity contribution in [3.8, 4) is 0 Å². The Labute approximate surface area is 133 Å². The molecule has 0 saturated carbocycles. The molecular formula is C16H19N5O2. The normalized spacial score (nSPS) is 17.9. The number of carbonyl (C=O) groups excluding carboxylic acids is 2. The molecule has 0 aliphatic carbocycles. The van der Waals surface area contributed by atoms with Gasteiger partial charge in [0.25, 0.3) is 5.91 Å². The van der Waals surface area contributed by atoms with Crippen molar-refractivity contribution in [1.29, 1.82) is 0 Å². The molecule has 1 fully saturated rings. The summed E-state index contributed by atoms with van der Waals surface area (Å²) < 4.78 is 0. The Balaban J connectivity index is 1.77. The van der Waals surface area contributed by atoms with Crippen LogP contribution >= 0.6 is 0 Å². The van der Waals surface area contributed by atoms with Crippen LogP contribution in [0.25, 0.3) is 0 Å². The van der Waals surface area contributed by atoms with E-state index in [1.165, 1.54) is 0 Å². The van der Waals surface area contributed by atoms with Crippen LogP contribution in [0.1, 0.15) is 47.1 Å². The van der Waals surface area contributed by atoms with Crippen LogP contribution in [0.5, 0.6) is 0 Å². The third kappa shape index (κ3) is 3.39. The molecule has 2 aromatic heterocycles. The monoisotopic (exact) mass is 313 g/mol. The van der Waals surface area contributed by atoms with E-state index in [0.717, 1.165) is 30.5 Å². The zero-order chi connectivity index (χ0) is 16.2. The van der Waals surface area contributed by atoms with Crippen LogP contribution in [0.3, 0.4) is 0 Å². The van der Waals surface area contributed by atoms with Crippen LogP contribution in [-0.4, -0.2) is 38.4 Å². The predicted molar refractivity (Wildman–Crippen MR) is 83.4 cm³/mol. The number of nitrogens with zero attached hydrogens (tertiary/aromatic N) is 3. The lowest BCUT2D eigenvalue weighted by Crippen LogP contribution is -2.39. The molecule has 23 heavy (non-hydrogen) atoms. The summed E-state index contributed by atoms with van der Waals surface area (Å²) in [5.41, 5.74) is 7.10. The van der Waals surface area contributed by atoms with Gasteiger partial charge in [0.1, 0.15) is 5.69 Å². The molecule has 3 rings (SSSR count). The number of H-pyrrole nitrogens is 1. The minimum atomic E-state index is -0.573. The molecule has 1 unspecified atom stereocenters. The number of piperidine rings is 1. The Morgan fingerprint density at radius 1 is 1.39 bits per heavy atom. The molecule has 7 nitrogen and oxygen atoms in total. The summed E-state index contributed by atoms with van der Waals surface area (Å²) in [4.78, 5) is 29.8. The Morgan fingerprint density at radius 2 is 2.26 bits per heavy atom. The van der Waals surface area contributed by atoms with Gasteiger partial charge in [0.05, 0.1) is 18.2 Å². The summed E-state index contributed by atoms with van der Waals surface area (Å²) in [6.45, 7) is 0.703. The van der Waals surface area contributed by atoms with Gasteiger partial charge in [-0.15, -0.1) is 0 Å². The van der Waals surface area contributed by atoms with Crippen molar-refractivity contribution in [2.75, 3.05) is 6.54 Å². The number of likely N-dealkylation sites (tertiary alicyclic amines) is 1. The molecule has 0 aromatic carbocycles. The second-order valence-electron chi connectivity index (χ2n) is 5.71. The van der Waals surface area contributed by atoms with Crippen LogP contribution in [0, 0.1) is 0 Å². The summed E-state index contributed by atoms with van der Waals surface area (Å²) >= 11 is 0. The molecule has 7 heteroatoms. The maximum Gasteiger partial charge on any atom is 0.269 e. The fraction of sp³-hybridized carbons (Fsp3) is 0.375. The van der Waals surface area contributed by atoms with Crippen molar-refractivity contribution >= 4 is 11.8 Å². The largest absolute Gasteiger partial charge is 0.364 e. The number of hydrogen-bond donors (Lipinski definition) is 2. The average molecular weight is 313 g/mol. The molecule has 0 radical (unpaired) electrons. The van der Waals surface area contributed by atoms with Gasteiger partial charge in [-0.2, -0.15) is 5.10 Å². The zero-order valence-corrected chi connectivity index (χ0v) is 12.7. The highest BCUT2D eigenvalue weighted by Gasteiger charge is 2.29. The quantitative estimate of drug-likeness (QED) is 0.884. The van der Waals surface area contributed by atoms with E-state index in [4.69, 9.17) is 5.73 Å². The SMILES string of the molecule is NC(=O)c1cc(C2CCCCN2C(=O)Cc2cccnc2)[nH]n1. The van der Waals surface area contributed by atoms with Crippen LogP contribution in [0.2, 0.25) is 0 Å². The maximum atomic E-state index is 12.7. The molecule has 0 spiro atoms. The number of amides is 2. The first-order valence-electron chi connectivity index (χ1n) is 7.68. The average Bonchev–Trinajstić information content (AvgIpc) is 3.06. The first kappa shape index (κ1) is 15.2. The van der Waals surface area contributed by atoms with Crippen molar-refractivity contribution < 1.29 is 9.59 Å². The van der Waals surface area contributed by atoms with Crippen molar-refractivity contribution in [3.05, 3.63) is 47.5 Å². The van der Waals surface area contributed by atoms with Crippen molar-refractivity contribution in [2.24, 2.45) is 5.73 Å². The second kappa shape index (κ2) is 6.60. The fourth-order valence-electron chi connectivity index (χ4n) is 2.97. The lowest BCUT2D eigenvalue weighted by atomic mass is 9.98. The minimum Gasteiger partial charge on any atom is -0.364 e. The van der Waals surface area contributed by atoms with Crippen LogP contribution in [0.15, 0.2) is 30.6 Å². The first-order valence-corrected chi connectivity index (χ1v) is 7.68. The van der Waals surface area contributed by atoms with Gasteiger partial charge in [-0.1, -0.05) is 6.07 Å². The molecule has 1 atom stereocenters. The zero-order valence-electron chi connectivity index (χ0n) is 12.7. The molecule has 1 saturated heterocycles. The molecule has 120 valence electrons. The molecule has 2 aromatic rings. The predicted octanol–water partition coefficient (Wildman–Crippen LogP) is 1.20. The van der Waals surface area contributed by atoms with Crippen molar-refractivity contribution in [2.45, 2.75) is 31.7 Å². The van der Waals surface area contributed by atoms with Crippen LogP contribution in [-0.2, 0) is 11.2 Å². The maximum absolute atomic E-state index is 12.7. The summed E-state index contributed by atoms with van der Waals surface area (Å²) in [5.74, 6) is -0.519. The van der Waals surface area contributed by atoms with Gasteiger partial charge < -0.3 is 10.6 Å². The summed E-state index contributed by atoms with van der Waals surface area (Å²) in [7, 11) is 0. The number of primary amides is 1. The standard InChI is InChI=1S/C16H19N5O2/c17-16(23)13-9-12(19-20-13)14-5-1-2-7-21(14)15(22)8-11-4-3-6-18-10-11/h3-4,6,9-10,14H,1-2,5,7-8H2,(H2,17,23)(H,19,20). The number of rotatable bonds is 4. The van der Waals surface area contributed by atoms with Gasteiger partial charge in [0.15, 0.2) is 0 Å². The van der Waals surface area contributed by atoms with Crippen LogP contribution in [0.4, 0.5) is 0 Å². The van der Waals surface area contributed by atoms with E-state index in [0.29, 0.717) is 13.0 Å². The lowest BCUT2D eigenvalue weighted by Gasteiger charge is -2.35. The molecule has 1 aliphatic heterocycles. The van der Waals surface area contributed by atoms with Crippen LogP contribution < -0.4 is 5.73 Å². The molecular weight excluding hydrogens is 294 g/mol. The summed E-state index contributed by atoms with van der Waals surface area (Å²) in [6.07, 6.45) is 6.57. The lowest BCUT2D eigenvalue weighted by molar-refractivity contribution is -0.134. The Kier molecular flexibility index (Phi) is 4.36. The minimum absolute atomic E-state index is 0.0536. The number of carbonyl (C=O) groups is 2. The summed E-state index contributed by atoms with van der Waals surface area (Å²) in [6, 6.07) is 5.27. The van der Waals surface area contributed by atoms with Crippen molar-refractivity contribution in [3.63, 3.8) is 0 Å². The van der Waals surface area contributed by atoms with E-state index >= 15 is 0 Å². The Bertz CT molecular complexity index is 698. The molecule has 3 N–H and O–H groups in total. The Morgan fingerprint density at radius 3 is 2.96 bits per heavy atom. The third-order valence-electron chi connectivity index (χ3n) is 4.11. The van der Waals surface area contributed by atoms with Crippen molar-refractivity contribution in [1.82, 2.24) is 20.1 Å². The highest BCUT2D eigenvalue weighted by molar-refractivity contribution is 5.90. The van der Waals surface area contributed by atoms with E-state index in [1.54, 1.807) is 18.5 Å². The molecule has 0 bridgehead atoms. The van der Waals surface area contributed by atoms with E-state index in [9.17, 15) is 9.59 Å². The molecule has 2 amide bonds. The third-order valence-corrected chi connectivity index (χ3v) is 4.11. The molecule has 1 aliphatic rings. The number of hydrogen-bond acceptors (Lipinski definition) is 4. The van der Waals surface area contributed by atoms with Gasteiger partial charge in [0.2, 0.25) is 5.91 Å². The molecule has 3 heterocycles. The van der Waals surface area contributed by atoms with Gasteiger partial charge in [-0.05, 0) is 37.0 Å². The first-order chi connectivity index (χ1) is 11.1.